The lowest BCUT2D eigenvalue weighted by Gasteiger charge is -2.33. The van der Waals surface area contributed by atoms with Crippen molar-refractivity contribution in [2.45, 2.75) is 46.1 Å². The first kappa shape index (κ1) is 21.3. The van der Waals surface area contributed by atoms with Crippen molar-refractivity contribution in [2.24, 2.45) is 5.92 Å². The van der Waals surface area contributed by atoms with Crippen molar-refractivity contribution in [2.75, 3.05) is 24.5 Å². The maximum atomic E-state index is 12.1. The number of aromatic nitrogens is 3. The van der Waals surface area contributed by atoms with E-state index in [0.717, 1.165) is 48.3 Å². The van der Waals surface area contributed by atoms with E-state index in [1.54, 1.807) is 27.1 Å². The summed E-state index contributed by atoms with van der Waals surface area (Å²) in [5.74, 6) is 1.07. The number of carbonyl (C=O) groups excluding carboxylic acids is 1. The number of hydrogen-bond donors (Lipinski definition) is 3. The van der Waals surface area contributed by atoms with Crippen LogP contribution < -0.4 is 14.3 Å². The van der Waals surface area contributed by atoms with Gasteiger partial charge in [0.2, 0.25) is 0 Å². The minimum absolute atomic E-state index is 0.172. The van der Waals surface area contributed by atoms with Gasteiger partial charge in [-0.3, -0.25) is 0 Å². The average Bonchev–Trinajstić information content (AvgIpc) is 3.00. The number of rotatable bonds is 5. The molecule has 10 nitrogen and oxygen atoms in total. The maximum Gasteiger partial charge on any atom is 0.422 e. The summed E-state index contributed by atoms with van der Waals surface area (Å²) in [6, 6.07) is 0. The zero-order valence-corrected chi connectivity index (χ0v) is 18.0. The molecular weight excluding hydrogens is 396 g/mol. The fraction of sp³-hybridized carbons (Fsp3) is 0.611. The molecule has 0 saturated carbocycles. The zero-order chi connectivity index (χ0) is 21.2. The summed E-state index contributed by atoms with van der Waals surface area (Å²) < 4.78 is 33.4. The van der Waals surface area contributed by atoms with Crippen LogP contribution in [0.2, 0.25) is 0 Å². The first-order valence-corrected chi connectivity index (χ1v) is 11.1. The Morgan fingerprint density at radius 3 is 2.66 bits per heavy atom. The molecule has 0 radical (unpaired) electrons. The van der Waals surface area contributed by atoms with E-state index in [1.165, 1.54) is 0 Å². The Balaban J connectivity index is 1.52. The number of aryl methyl sites for hydroxylation is 1. The molecule has 11 heteroatoms. The average molecular weight is 425 g/mol. The summed E-state index contributed by atoms with van der Waals surface area (Å²) >= 11 is 0. The molecule has 1 aliphatic rings. The van der Waals surface area contributed by atoms with Crippen molar-refractivity contribution >= 4 is 33.2 Å². The number of H-pyrrole nitrogens is 1. The summed E-state index contributed by atoms with van der Waals surface area (Å²) in [7, 11) is -3.96. The molecule has 29 heavy (non-hydrogen) atoms. The van der Waals surface area contributed by atoms with Crippen LogP contribution in [0.5, 0.6) is 0 Å². The monoisotopic (exact) mass is 424 g/mol. The number of piperidine rings is 1. The largest absolute Gasteiger partial charge is 0.443 e. The number of nitrogens with zero attached hydrogens (tertiary/aromatic N) is 3. The second-order valence-electron chi connectivity index (χ2n) is 8.28. The normalized spacial score (nSPS) is 16.2. The zero-order valence-electron chi connectivity index (χ0n) is 17.2. The van der Waals surface area contributed by atoms with Crippen molar-refractivity contribution in [3.63, 3.8) is 0 Å². The van der Waals surface area contributed by atoms with Crippen LogP contribution in [0.4, 0.5) is 10.6 Å². The summed E-state index contributed by atoms with van der Waals surface area (Å²) in [5.41, 5.74) is 1.14. The molecule has 1 amide bonds. The van der Waals surface area contributed by atoms with Crippen molar-refractivity contribution in [3.8, 4) is 0 Å². The number of carbonyl (C=O) groups is 1. The van der Waals surface area contributed by atoms with E-state index in [-0.39, 0.29) is 12.5 Å². The van der Waals surface area contributed by atoms with Gasteiger partial charge in [0.15, 0.2) is 0 Å². The van der Waals surface area contributed by atoms with Gasteiger partial charge >= 0.3 is 16.3 Å². The Kier molecular flexibility index (Phi) is 5.99. The van der Waals surface area contributed by atoms with E-state index in [9.17, 15) is 13.2 Å². The topological polar surface area (TPSA) is 129 Å². The third-order valence-corrected chi connectivity index (χ3v) is 5.72. The number of ether oxygens (including phenoxy) is 1. The van der Waals surface area contributed by atoms with Crippen LogP contribution in [-0.4, -0.2) is 54.7 Å². The van der Waals surface area contributed by atoms with Crippen LogP contribution in [-0.2, 0) is 14.9 Å². The van der Waals surface area contributed by atoms with Crippen LogP contribution in [0, 0.1) is 12.8 Å². The van der Waals surface area contributed by atoms with E-state index in [2.05, 4.69) is 24.6 Å². The standard InChI is InChI=1S/C18H28N6O4S/c1-12-9-19-15-14(12)16(21-11-20-15)24-7-5-13(6-8-24)10-22-29(26,27)23-17(25)28-18(2,3)4/h9,11,13,22H,5-8,10H2,1-4H3,(H,23,25)(H,19,20,21). The van der Waals surface area contributed by atoms with Gasteiger partial charge in [0.25, 0.3) is 0 Å². The van der Waals surface area contributed by atoms with Crippen LogP contribution in [0.1, 0.15) is 39.2 Å². The molecule has 0 bridgehead atoms. The molecule has 0 atom stereocenters. The Morgan fingerprint density at radius 2 is 2.00 bits per heavy atom. The van der Waals surface area contributed by atoms with Gasteiger partial charge in [-0.2, -0.15) is 13.1 Å². The second-order valence-corrected chi connectivity index (χ2v) is 9.78. The quantitative estimate of drug-likeness (QED) is 0.668. The molecule has 0 aliphatic carbocycles. The van der Waals surface area contributed by atoms with Gasteiger partial charge in [-0.1, -0.05) is 0 Å². The van der Waals surface area contributed by atoms with Crippen molar-refractivity contribution < 1.29 is 17.9 Å². The first-order chi connectivity index (χ1) is 13.5. The molecule has 3 heterocycles. The van der Waals surface area contributed by atoms with E-state index in [0.29, 0.717) is 0 Å². The lowest BCUT2D eigenvalue weighted by atomic mass is 9.97. The Bertz CT molecular complexity index is 974. The number of aromatic amines is 1. The van der Waals surface area contributed by atoms with Gasteiger partial charge in [-0.25, -0.2) is 19.5 Å². The van der Waals surface area contributed by atoms with Crippen molar-refractivity contribution in [3.05, 3.63) is 18.1 Å². The highest BCUT2D eigenvalue weighted by Gasteiger charge is 2.25. The van der Waals surface area contributed by atoms with Gasteiger partial charge in [0.1, 0.15) is 23.4 Å². The van der Waals surface area contributed by atoms with Gasteiger partial charge in [0, 0.05) is 25.8 Å². The minimum Gasteiger partial charge on any atom is -0.443 e. The molecule has 1 saturated heterocycles. The molecule has 160 valence electrons. The Morgan fingerprint density at radius 1 is 1.31 bits per heavy atom. The van der Waals surface area contributed by atoms with Gasteiger partial charge in [-0.15, -0.1) is 0 Å². The number of amides is 1. The summed E-state index contributed by atoms with van der Waals surface area (Å²) in [4.78, 5) is 25.7. The van der Waals surface area contributed by atoms with Crippen LogP contribution >= 0.6 is 0 Å². The molecule has 2 aromatic heterocycles. The highest BCUT2D eigenvalue weighted by Crippen LogP contribution is 2.29. The van der Waals surface area contributed by atoms with Gasteiger partial charge in [-0.05, 0) is 52.0 Å². The highest BCUT2D eigenvalue weighted by molar-refractivity contribution is 7.88. The molecule has 2 aromatic rings. The fourth-order valence-electron chi connectivity index (χ4n) is 3.36. The molecule has 0 spiro atoms. The first-order valence-electron chi connectivity index (χ1n) is 9.58. The van der Waals surface area contributed by atoms with Gasteiger partial charge < -0.3 is 14.6 Å². The molecule has 0 unspecified atom stereocenters. The number of hydrogen-bond acceptors (Lipinski definition) is 7. The number of anilines is 1. The van der Waals surface area contributed by atoms with Crippen molar-refractivity contribution in [1.82, 2.24) is 24.4 Å². The molecule has 3 N–H and O–H groups in total. The second kappa shape index (κ2) is 8.15. The maximum absolute atomic E-state index is 12.1. The smallest absolute Gasteiger partial charge is 0.422 e. The lowest BCUT2D eigenvalue weighted by Crippen LogP contribution is -2.45. The number of nitrogens with one attached hydrogen (secondary N) is 3. The van der Waals surface area contributed by atoms with Gasteiger partial charge in [0.05, 0.1) is 5.39 Å². The van der Waals surface area contributed by atoms with E-state index < -0.39 is 21.9 Å². The third-order valence-electron chi connectivity index (χ3n) is 4.74. The predicted octanol–water partition coefficient (Wildman–Crippen LogP) is 1.84. The molecule has 1 aliphatic heterocycles. The SMILES string of the molecule is Cc1c[nH]c2ncnc(N3CCC(CNS(=O)(=O)NC(=O)OC(C)(C)C)CC3)c12. The summed E-state index contributed by atoms with van der Waals surface area (Å²) in [6.07, 6.45) is 4.10. The fourth-order valence-corrected chi connectivity index (χ4v) is 4.15. The van der Waals surface area contributed by atoms with E-state index >= 15 is 0 Å². The van der Waals surface area contributed by atoms with E-state index in [1.807, 2.05) is 17.8 Å². The Labute approximate surface area is 170 Å². The Hall–Kier alpha value is -2.40. The van der Waals surface area contributed by atoms with Crippen LogP contribution in [0.15, 0.2) is 12.5 Å². The number of fused-ring (bicyclic) bond motifs is 1. The summed E-state index contributed by atoms with van der Waals surface area (Å²) in [5, 5.41) is 1.02. The molecular formula is C18H28N6O4S. The van der Waals surface area contributed by atoms with E-state index in [4.69, 9.17) is 4.74 Å². The minimum atomic E-state index is -3.96. The summed E-state index contributed by atoms with van der Waals surface area (Å²) in [6.45, 7) is 8.81. The van der Waals surface area contributed by atoms with Crippen LogP contribution in [0.25, 0.3) is 11.0 Å². The van der Waals surface area contributed by atoms with Crippen LogP contribution in [0.3, 0.4) is 0 Å². The molecule has 0 aromatic carbocycles. The molecule has 1 fully saturated rings. The lowest BCUT2D eigenvalue weighted by molar-refractivity contribution is 0.0569. The van der Waals surface area contributed by atoms with Crippen molar-refractivity contribution in [1.29, 1.82) is 0 Å². The molecule has 3 rings (SSSR count). The predicted molar refractivity (Wildman–Crippen MR) is 110 cm³/mol. The highest BCUT2D eigenvalue weighted by atomic mass is 32.2. The third kappa shape index (κ3) is 5.57.